The first-order valence-electron chi connectivity index (χ1n) is 2.98. The van der Waals surface area contributed by atoms with Gasteiger partial charge < -0.3 is 5.32 Å². The maximum Gasteiger partial charge on any atom is 0.101 e. The summed E-state index contributed by atoms with van der Waals surface area (Å²) in [4.78, 5) is 7.71. The summed E-state index contributed by atoms with van der Waals surface area (Å²) in [6.07, 6.45) is 2.55. The number of nitrogens with zero attached hydrogens (tertiary/aromatic N) is 2. The monoisotopic (exact) mass is 127 g/mol. The average Bonchev–Trinajstić information content (AvgIpc) is 1.91. The van der Waals surface area contributed by atoms with Gasteiger partial charge in [0.25, 0.3) is 0 Å². The van der Waals surface area contributed by atoms with E-state index in [1.165, 1.54) is 0 Å². The molecule has 1 N–H and O–H groups in total. The van der Waals surface area contributed by atoms with Gasteiger partial charge in [0.2, 0.25) is 0 Å². The molecule has 0 amide bonds. The standard InChI is InChI=1S/C6H13N3/c1-4-6(8-3)9-5-7-2/h5H,4H2,1-3H3,(H,7,8,9). The molecule has 0 unspecified atom stereocenters. The highest BCUT2D eigenvalue weighted by Crippen LogP contribution is 1.76. The molecule has 0 radical (unpaired) electrons. The fourth-order valence-corrected chi connectivity index (χ4v) is 0.464. The normalized spacial score (nSPS) is 12.6. The zero-order valence-corrected chi connectivity index (χ0v) is 6.18. The van der Waals surface area contributed by atoms with Crippen molar-refractivity contribution in [1.82, 2.24) is 5.32 Å². The van der Waals surface area contributed by atoms with Gasteiger partial charge in [-0.3, -0.25) is 9.98 Å². The minimum absolute atomic E-state index is 0.919. The molecule has 0 bridgehead atoms. The Hall–Kier alpha value is -0.860. The van der Waals surface area contributed by atoms with E-state index >= 15 is 0 Å². The Morgan fingerprint density at radius 3 is 2.56 bits per heavy atom. The maximum absolute atomic E-state index is 3.96. The highest BCUT2D eigenvalue weighted by Gasteiger charge is 1.85. The highest BCUT2D eigenvalue weighted by molar-refractivity contribution is 5.91. The Labute approximate surface area is 55.9 Å². The minimum Gasteiger partial charge on any atom is -0.335 e. The molecule has 52 valence electrons. The first-order chi connectivity index (χ1) is 4.35. The van der Waals surface area contributed by atoms with Crippen molar-refractivity contribution >= 4 is 12.2 Å². The lowest BCUT2D eigenvalue weighted by Gasteiger charge is -1.97. The molecule has 9 heavy (non-hydrogen) atoms. The average molecular weight is 127 g/mol. The predicted octanol–water partition coefficient (Wildman–Crippen LogP) is 0.672. The van der Waals surface area contributed by atoms with Gasteiger partial charge in [0.1, 0.15) is 5.84 Å². The van der Waals surface area contributed by atoms with E-state index in [1.807, 2.05) is 6.92 Å². The minimum atomic E-state index is 0.919. The molecule has 0 aliphatic heterocycles. The van der Waals surface area contributed by atoms with Crippen molar-refractivity contribution in [2.45, 2.75) is 13.3 Å². The molecule has 0 rings (SSSR count). The van der Waals surface area contributed by atoms with E-state index in [2.05, 4.69) is 15.3 Å². The molecule has 0 aromatic heterocycles. The largest absolute Gasteiger partial charge is 0.335 e. The Morgan fingerprint density at radius 2 is 2.22 bits per heavy atom. The van der Waals surface area contributed by atoms with Gasteiger partial charge in [0, 0.05) is 20.5 Å². The zero-order valence-electron chi connectivity index (χ0n) is 6.18. The highest BCUT2D eigenvalue weighted by atomic mass is 15.0. The fourth-order valence-electron chi connectivity index (χ4n) is 0.464. The molecule has 0 aliphatic rings. The lowest BCUT2D eigenvalue weighted by molar-refractivity contribution is 1.15. The third-order valence-electron chi connectivity index (χ3n) is 0.965. The molecule has 0 aromatic rings. The molecule has 0 atom stereocenters. The third kappa shape index (κ3) is 3.70. The molecular formula is C6H13N3. The van der Waals surface area contributed by atoms with Gasteiger partial charge >= 0.3 is 0 Å². The quantitative estimate of drug-likeness (QED) is 0.429. The summed E-state index contributed by atoms with van der Waals surface area (Å²) in [6.45, 7) is 2.04. The molecule has 0 spiro atoms. The molecule has 0 aromatic carbocycles. The molecule has 3 nitrogen and oxygen atoms in total. The molecule has 0 heterocycles. The van der Waals surface area contributed by atoms with Crippen molar-refractivity contribution in [2.24, 2.45) is 9.98 Å². The van der Waals surface area contributed by atoms with Gasteiger partial charge in [-0.15, -0.1) is 0 Å². The SMILES string of the molecule is CCC(=NC)NC=NC. The van der Waals surface area contributed by atoms with Gasteiger partial charge in [0.05, 0.1) is 6.34 Å². The zero-order chi connectivity index (χ0) is 7.11. The van der Waals surface area contributed by atoms with Crippen molar-refractivity contribution in [3.8, 4) is 0 Å². The van der Waals surface area contributed by atoms with Crippen LogP contribution in [-0.2, 0) is 0 Å². The fraction of sp³-hybridized carbons (Fsp3) is 0.667. The van der Waals surface area contributed by atoms with Crippen LogP contribution >= 0.6 is 0 Å². The van der Waals surface area contributed by atoms with Gasteiger partial charge in [-0.05, 0) is 0 Å². The second-order valence-corrected chi connectivity index (χ2v) is 1.56. The van der Waals surface area contributed by atoms with E-state index in [4.69, 9.17) is 0 Å². The van der Waals surface area contributed by atoms with E-state index < -0.39 is 0 Å². The van der Waals surface area contributed by atoms with Gasteiger partial charge in [0.15, 0.2) is 0 Å². The summed E-state index contributed by atoms with van der Waals surface area (Å²) >= 11 is 0. The Morgan fingerprint density at radius 1 is 1.56 bits per heavy atom. The van der Waals surface area contributed by atoms with Crippen molar-refractivity contribution in [1.29, 1.82) is 0 Å². The van der Waals surface area contributed by atoms with Crippen LogP contribution in [0.25, 0.3) is 0 Å². The van der Waals surface area contributed by atoms with Crippen molar-refractivity contribution in [3.05, 3.63) is 0 Å². The number of hydrogen-bond acceptors (Lipinski definition) is 2. The van der Waals surface area contributed by atoms with Gasteiger partial charge in [-0.2, -0.15) is 0 Å². The Kier molecular flexibility index (Phi) is 4.78. The summed E-state index contributed by atoms with van der Waals surface area (Å²) in [7, 11) is 3.48. The van der Waals surface area contributed by atoms with Crippen LogP contribution in [0.4, 0.5) is 0 Å². The van der Waals surface area contributed by atoms with Crippen molar-refractivity contribution < 1.29 is 0 Å². The van der Waals surface area contributed by atoms with Crippen LogP contribution in [0.3, 0.4) is 0 Å². The van der Waals surface area contributed by atoms with Crippen LogP contribution in [0.15, 0.2) is 9.98 Å². The van der Waals surface area contributed by atoms with E-state index in [0.29, 0.717) is 0 Å². The van der Waals surface area contributed by atoms with Crippen LogP contribution in [0.2, 0.25) is 0 Å². The molecule has 3 heteroatoms. The van der Waals surface area contributed by atoms with Crippen LogP contribution in [0.1, 0.15) is 13.3 Å². The molecular weight excluding hydrogens is 114 g/mol. The van der Waals surface area contributed by atoms with E-state index in [9.17, 15) is 0 Å². The Balaban J connectivity index is 3.58. The summed E-state index contributed by atoms with van der Waals surface area (Å²) in [5.74, 6) is 0.959. The van der Waals surface area contributed by atoms with Crippen molar-refractivity contribution in [2.75, 3.05) is 14.1 Å². The molecule has 0 saturated heterocycles. The van der Waals surface area contributed by atoms with Crippen LogP contribution in [-0.4, -0.2) is 26.3 Å². The number of rotatable bonds is 2. The number of hydrogen-bond donors (Lipinski definition) is 1. The topological polar surface area (TPSA) is 36.8 Å². The maximum atomic E-state index is 3.96. The first kappa shape index (κ1) is 8.14. The summed E-state index contributed by atoms with van der Waals surface area (Å²) in [6, 6.07) is 0. The van der Waals surface area contributed by atoms with Gasteiger partial charge in [-0.1, -0.05) is 6.92 Å². The predicted molar refractivity (Wildman–Crippen MR) is 41.2 cm³/mol. The Bertz CT molecular complexity index is 115. The molecule has 0 aliphatic carbocycles. The van der Waals surface area contributed by atoms with E-state index in [0.717, 1.165) is 12.3 Å². The van der Waals surface area contributed by atoms with E-state index in [-0.39, 0.29) is 0 Å². The molecule has 0 fully saturated rings. The number of amidine groups is 1. The van der Waals surface area contributed by atoms with Crippen LogP contribution in [0.5, 0.6) is 0 Å². The number of aliphatic imine (C=N–C) groups is 2. The van der Waals surface area contributed by atoms with Crippen LogP contribution < -0.4 is 5.32 Å². The summed E-state index contributed by atoms with van der Waals surface area (Å²) in [5, 5.41) is 2.93. The third-order valence-corrected chi connectivity index (χ3v) is 0.965. The van der Waals surface area contributed by atoms with Crippen LogP contribution in [0, 0.1) is 0 Å². The molecule has 0 saturated carbocycles. The second-order valence-electron chi connectivity index (χ2n) is 1.56. The lowest BCUT2D eigenvalue weighted by Crippen LogP contribution is -2.20. The van der Waals surface area contributed by atoms with Gasteiger partial charge in [-0.25, -0.2) is 0 Å². The summed E-state index contributed by atoms with van der Waals surface area (Å²) in [5.41, 5.74) is 0. The number of nitrogens with one attached hydrogen (secondary N) is 1. The summed E-state index contributed by atoms with van der Waals surface area (Å²) < 4.78 is 0. The first-order valence-corrected chi connectivity index (χ1v) is 2.98. The second kappa shape index (κ2) is 5.28. The lowest BCUT2D eigenvalue weighted by atomic mass is 10.4. The smallest absolute Gasteiger partial charge is 0.101 e. The van der Waals surface area contributed by atoms with E-state index in [1.54, 1.807) is 20.4 Å². The van der Waals surface area contributed by atoms with Crippen molar-refractivity contribution in [3.63, 3.8) is 0 Å².